The minimum atomic E-state index is 0.393. The van der Waals surface area contributed by atoms with Gasteiger partial charge in [0.2, 0.25) is 0 Å². The smallest absolute Gasteiger partial charge is 0.128 e. The maximum absolute atomic E-state index is 6.16. The molecule has 0 radical (unpaired) electrons. The van der Waals surface area contributed by atoms with Crippen LogP contribution in [0.1, 0.15) is 17.5 Å². The van der Waals surface area contributed by atoms with Crippen molar-refractivity contribution >= 4 is 28.8 Å². The highest BCUT2D eigenvalue weighted by atomic mass is 35.5. The van der Waals surface area contributed by atoms with Crippen LogP contribution >= 0.6 is 22.9 Å². The second kappa shape index (κ2) is 7.07. The Kier molecular flexibility index (Phi) is 5.40. The van der Waals surface area contributed by atoms with Gasteiger partial charge in [-0.25, -0.2) is 4.98 Å². The lowest BCUT2D eigenvalue weighted by Crippen LogP contribution is -2.31. The van der Waals surface area contributed by atoms with Gasteiger partial charge in [0.1, 0.15) is 5.82 Å². The van der Waals surface area contributed by atoms with Gasteiger partial charge in [0.05, 0.1) is 10.7 Å². The monoisotopic (exact) mass is 309 g/mol. The molecule has 0 spiro atoms. The van der Waals surface area contributed by atoms with Crippen molar-refractivity contribution in [2.24, 2.45) is 0 Å². The number of anilines is 1. The molecule has 0 saturated heterocycles. The first-order chi connectivity index (χ1) is 9.61. The van der Waals surface area contributed by atoms with E-state index in [1.54, 1.807) is 11.3 Å². The van der Waals surface area contributed by atoms with Crippen molar-refractivity contribution in [1.29, 1.82) is 0 Å². The number of thiophene rings is 1. The molecular weight excluding hydrogens is 290 g/mol. The lowest BCUT2D eigenvalue weighted by atomic mass is 10.2. The van der Waals surface area contributed by atoms with E-state index in [1.165, 1.54) is 4.88 Å². The molecule has 0 aliphatic carbocycles. The molecule has 2 aromatic heterocycles. The predicted molar refractivity (Wildman–Crippen MR) is 87.9 cm³/mol. The lowest BCUT2D eigenvalue weighted by molar-refractivity contribution is 0.676. The van der Waals surface area contributed by atoms with Gasteiger partial charge in [0.15, 0.2) is 0 Å². The van der Waals surface area contributed by atoms with Crippen LogP contribution in [0.5, 0.6) is 0 Å². The van der Waals surface area contributed by atoms with Crippen molar-refractivity contribution in [2.75, 3.05) is 19.0 Å². The molecule has 0 bridgehead atoms. The number of hydrogen-bond acceptors (Lipinski definition) is 4. The Balaban J connectivity index is 2.11. The first-order valence-electron chi connectivity index (χ1n) is 6.67. The van der Waals surface area contributed by atoms with Crippen LogP contribution in [0.4, 0.5) is 5.82 Å². The third-order valence-electron chi connectivity index (χ3n) is 3.35. The fraction of sp³-hybridized carbons (Fsp3) is 0.400. The van der Waals surface area contributed by atoms with Gasteiger partial charge < -0.3 is 10.2 Å². The molecule has 0 aromatic carbocycles. The predicted octanol–water partition coefficient (Wildman–Crippen LogP) is 3.58. The van der Waals surface area contributed by atoms with E-state index in [0.29, 0.717) is 17.6 Å². The third kappa shape index (κ3) is 3.72. The third-order valence-corrected chi connectivity index (χ3v) is 4.59. The molecule has 1 N–H and O–H groups in total. The summed E-state index contributed by atoms with van der Waals surface area (Å²) >= 11 is 7.95. The SMILES string of the molecule is CNCc1nc(N(C)C(C)Cc2cccs2)ccc1Cl. The van der Waals surface area contributed by atoms with Gasteiger partial charge in [-0.05, 0) is 37.6 Å². The van der Waals surface area contributed by atoms with Gasteiger partial charge in [-0.1, -0.05) is 17.7 Å². The summed E-state index contributed by atoms with van der Waals surface area (Å²) in [4.78, 5) is 8.25. The number of aromatic nitrogens is 1. The Hall–Kier alpha value is -1.10. The van der Waals surface area contributed by atoms with Crippen molar-refractivity contribution in [2.45, 2.75) is 25.9 Å². The van der Waals surface area contributed by atoms with Crippen LogP contribution in [0.3, 0.4) is 0 Å². The number of nitrogens with one attached hydrogen (secondary N) is 1. The van der Waals surface area contributed by atoms with Gasteiger partial charge in [-0.15, -0.1) is 11.3 Å². The van der Waals surface area contributed by atoms with Gasteiger partial charge in [-0.2, -0.15) is 0 Å². The molecule has 3 nitrogen and oxygen atoms in total. The maximum atomic E-state index is 6.16. The van der Waals surface area contributed by atoms with Gasteiger partial charge in [-0.3, -0.25) is 0 Å². The number of likely N-dealkylation sites (N-methyl/N-ethyl adjacent to an activating group) is 1. The molecule has 0 amide bonds. The van der Waals surface area contributed by atoms with Gasteiger partial charge in [0, 0.05) is 30.9 Å². The Labute approximate surface area is 129 Å². The van der Waals surface area contributed by atoms with E-state index in [4.69, 9.17) is 11.6 Å². The summed E-state index contributed by atoms with van der Waals surface area (Å²) < 4.78 is 0. The fourth-order valence-electron chi connectivity index (χ4n) is 2.04. The first-order valence-corrected chi connectivity index (χ1v) is 7.92. The highest BCUT2D eigenvalue weighted by molar-refractivity contribution is 7.09. The molecule has 2 rings (SSSR count). The van der Waals surface area contributed by atoms with E-state index in [0.717, 1.165) is 17.9 Å². The van der Waals surface area contributed by atoms with E-state index in [9.17, 15) is 0 Å². The number of halogens is 1. The molecule has 1 atom stereocenters. The van der Waals surface area contributed by atoms with Crippen LogP contribution in [-0.2, 0) is 13.0 Å². The van der Waals surface area contributed by atoms with Crippen molar-refractivity contribution in [3.63, 3.8) is 0 Å². The minimum Gasteiger partial charge on any atom is -0.357 e. The Morgan fingerprint density at radius 2 is 2.20 bits per heavy atom. The first kappa shape index (κ1) is 15.3. The summed E-state index contributed by atoms with van der Waals surface area (Å²) in [5.74, 6) is 0.962. The quantitative estimate of drug-likeness (QED) is 0.884. The molecule has 0 saturated carbocycles. The molecule has 1 unspecified atom stereocenters. The standard InChI is InChI=1S/C15H20ClN3S/c1-11(9-12-5-4-8-20-12)19(3)15-7-6-13(16)14(18-15)10-17-2/h4-8,11,17H,9-10H2,1-3H3. The molecule has 20 heavy (non-hydrogen) atoms. The van der Waals surface area contributed by atoms with Crippen molar-refractivity contribution in [1.82, 2.24) is 10.3 Å². The molecular formula is C15H20ClN3S. The van der Waals surface area contributed by atoms with E-state index in [2.05, 4.69) is 46.7 Å². The molecule has 5 heteroatoms. The number of hydrogen-bond donors (Lipinski definition) is 1. The summed E-state index contributed by atoms with van der Waals surface area (Å²) in [6, 6.07) is 8.57. The molecule has 0 fully saturated rings. The van der Waals surface area contributed by atoms with Crippen LogP contribution in [-0.4, -0.2) is 25.1 Å². The summed E-state index contributed by atoms with van der Waals surface area (Å²) in [6.07, 6.45) is 1.03. The molecule has 2 aromatic rings. The molecule has 2 heterocycles. The van der Waals surface area contributed by atoms with E-state index >= 15 is 0 Å². The van der Waals surface area contributed by atoms with Crippen molar-refractivity contribution in [3.8, 4) is 0 Å². The van der Waals surface area contributed by atoms with Crippen LogP contribution in [0, 0.1) is 0 Å². The van der Waals surface area contributed by atoms with Gasteiger partial charge >= 0.3 is 0 Å². The zero-order valence-electron chi connectivity index (χ0n) is 12.1. The fourth-order valence-corrected chi connectivity index (χ4v) is 3.04. The second-order valence-corrected chi connectivity index (χ2v) is 6.31. The topological polar surface area (TPSA) is 28.2 Å². The second-order valence-electron chi connectivity index (χ2n) is 4.87. The lowest BCUT2D eigenvalue weighted by Gasteiger charge is -2.26. The maximum Gasteiger partial charge on any atom is 0.128 e. The molecule has 0 aliphatic rings. The van der Waals surface area contributed by atoms with Crippen LogP contribution < -0.4 is 10.2 Å². The average molecular weight is 310 g/mol. The van der Waals surface area contributed by atoms with Crippen LogP contribution in [0.2, 0.25) is 5.02 Å². The van der Waals surface area contributed by atoms with Crippen LogP contribution in [0.25, 0.3) is 0 Å². The summed E-state index contributed by atoms with van der Waals surface area (Å²) in [5, 5.41) is 5.92. The number of pyridine rings is 1. The van der Waals surface area contributed by atoms with E-state index in [1.807, 2.05) is 19.2 Å². The summed E-state index contributed by atoms with van der Waals surface area (Å²) in [6.45, 7) is 2.90. The summed E-state index contributed by atoms with van der Waals surface area (Å²) in [5.41, 5.74) is 0.891. The largest absolute Gasteiger partial charge is 0.357 e. The van der Waals surface area contributed by atoms with E-state index in [-0.39, 0.29) is 0 Å². The molecule has 108 valence electrons. The Morgan fingerprint density at radius 3 is 2.85 bits per heavy atom. The highest BCUT2D eigenvalue weighted by Gasteiger charge is 2.14. The average Bonchev–Trinajstić information content (AvgIpc) is 2.93. The number of nitrogens with zero attached hydrogens (tertiary/aromatic N) is 2. The zero-order valence-corrected chi connectivity index (χ0v) is 13.6. The van der Waals surface area contributed by atoms with Crippen molar-refractivity contribution in [3.05, 3.63) is 45.2 Å². The van der Waals surface area contributed by atoms with Crippen molar-refractivity contribution < 1.29 is 0 Å². The number of rotatable bonds is 6. The summed E-state index contributed by atoms with van der Waals surface area (Å²) in [7, 11) is 3.98. The zero-order chi connectivity index (χ0) is 14.5. The van der Waals surface area contributed by atoms with Crippen LogP contribution in [0.15, 0.2) is 29.6 Å². The Morgan fingerprint density at radius 1 is 1.40 bits per heavy atom. The van der Waals surface area contributed by atoms with Gasteiger partial charge in [0.25, 0.3) is 0 Å². The highest BCUT2D eigenvalue weighted by Crippen LogP contribution is 2.21. The normalized spacial score (nSPS) is 12.4. The Bertz CT molecular complexity index is 542. The molecule has 0 aliphatic heterocycles. The minimum absolute atomic E-state index is 0.393. The van der Waals surface area contributed by atoms with E-state index < -0.39 is 0 Å².